The Balaban J connectivity index is 1.96. The van der Waals surface area contributed by atoms with Crippen LogP contribution in [0.15, 0.2) is 12.2 Å². The van der Waals surface area contributed by atoms with Crippen molar-refractivity contribution in [2.75, 3.05) is 0 Å². The molecule has 0 radical (unpaired) electrons. The summed E-state index contributed by atoms with van der Waals surface area (Å²) < 4.78 is 0. The second kappa shape index (κ2) is 1.21. The Labute approximate surface area is 65.5 Å². The summed E-state index contributed by atoms with van der Waals surface area (Å²) >= 11 is 0. The standard InChI is InChI=1S/C10H10O/c11-10-4-1-2-5-8(9(5)10)7-3-6(4)7/h1-2,4-9H,3H2. The van der Waals surface area contributed by atoms with Gasteiger partial charge in [-0.15, -0.1) is 0 Å². The maximum atomic E-state index is 11.6. The maximum Gasteiger partial charge on any atom is 0.143 e. The number of allylic oxidation sites excluding steroid dienone is 2. The molecule has 4 aliphatic carbocycles. The Morgan fingerprint density at radius 3 is 3.09 bits per heavy atom. The van der Waals surface area contributed by atoms with Crippen molar-refractivity contribution >= 4 is 5.78 Å². The fraction of sp³-hybridized carbons (Fsp3) is 0.700. The molecule has 4 aliphatic rings. The SMILES string of the molecule is O=C1C2C=CC3C1C3C1CC21. The van der Waals surface area contributed by atoms with E-state index in [1.54, 1.807) is 0 Å². The van der Waals surface area contributed by atoms with Crippen molar-refractivity contribution in [3.05, 3.63) is 12.2 Å². The molecule has 2 bridgehead atoms. The van der Waals surface area contributed by atoms with Crippen LogP contribution in [0.25, 0.3) is 0 Å². The third-order valence-electron chi connectivity index (χ3n) is 4.18. The first-order chi connectivity index (χ1) is 5.38. The highest BCUT2D eigenvalue weighted by Gasteiger charge is 2.71. The highest BCUT2D eigenvalue weighted by Crippen LogP contribution is 2.71. The highest BCUT2D eigenvalue weighted by atomic mass is 16.1. The van der Waals surface area contributed by atoms with E-state index in [2.05, 4.69) is 12.2 Å². The first kappa shape index (κ1) is 5.13. The van der Waals surface area contributed by atoms with Crippen LogP contribution in [-0.2, 0) is 4.79 Å². The molecule has 4 rings (SSSR count). The molecule has 0 saturated heterocycles. The molecule has 0 aliphatic heterocycles. The Kier molecular flexibility index (Phi) is 0.566. The number of carbonyl (C=O) groups excluding carboxylic acids is 1. The van der Waals surface area contributed by atoms with Crippen LogP contribution in [0.5, 0.6) is 0 Å². The molecule has 0 heterocycles. The van der Waals surface area contributed by atoms with Gasteiger partial charge in [0.2, 0.25) is 0 Å². The Morgan fingerprint density at radius 2 is 2.18 bits per heavy atom. The van der Waals surface area contributed by atoms with Gasteiger partial charge in [0.25, 0.3) is 0 Å². The van der Waals surface area contributed by atoms with Crippen molar-refractivity contribution < 1.29 is 4.79 Å². The Hall–Kier alpha value is -0.590. The van der Waals surface area contributed by atoms with Gasteiger partial charge >= 0.3 is 0 Å². The smallest absolute Gasteiger partial charge is 0.143 e. The zero-order valence-electron chi connectivity index (χ0n) is 6.23. The van der Waals surface area contributed by atoms with Crippen LogP contribution in [0.3, 0.4) is 0 Å². The summed E-state index contributed by atoms with van der Waals surface area (Å²) in [6.45, 7) is 0. The first-order valence-electron chi connectivity index (χ1n) is 4.60. The highest BCUT2D eigenvalue weighted by molar-refractivity contribution is 5.92. The van der Waals surface area contributed by atoms with E-state index in [4.69, 9.17) is 0 Å². The molecule has 3 saturated carbocycles. The summed E-state index contributed by atoms with van der Waals surface area (Å²) in [4.78, 5) is 11.6. The molecule has 0 aromatic rings. The monoisotopic (exact) mass is 146 g/mol. The fourth-order valence-electron chi connectivity index (χ4n) is 3.55. The van der Waals surface area contributed by atoms with Gasteiger partial charge in [0.15, 0.2) is 0 Å². The molecule has 1 nitrogen and oxygen atoms in total. The van der Waals surface area contributed by atoms with Crippen molar-refractivity contribution in [3.63, 3.8) is 0 Å². The van der Waals surface area contributed by atoms with Gasteiger partial charge in [0, 0.05) is 11.8 Å². The zero-order chi connectivity index (χ0) is 7.16. The Bertz CT molecular complexity index is 291. The molecule has 0 aromatic carbocycles. The van der Waals surface area contributed by atoms with Crippen molar-refractivity contribution in [3.8, 4) is 0 Å². The van der Waals surface area contributed by atoms with Crippen molar-refractivity contribution in [2.45, 2.75) is 6.42 Å². The van der Waals surface area contributed by atoms with Crippen LogP contribution in [0.2, 0.25) is 0 Å². The second-order valence-electron chi connectivity index (χ2n) is 4.56. The van der Waals surface area contributed by atoms with E-state index in [0.717, 1.165) is 17.8 Å². The molecule has 6 unspecified atom stereocenters. The van der Waals surface area contributed by atoms with E-state index >= 15 is 0 Å². The molecule has 11 heavy (non-hydrogen) atoms. The predicted octanol–water partition coefficient (Wildman–Crippen LogP) is 1.25. The third-order valence-corrected chi connectivity index (χ3v) is 4.18. The van der Waals surface area contributed by atoms with Crippen LogP contribution in [0.4, 0.5) is 0 Å². The van der Waals surface area contributed by atoms with Gasteiger partial charge in [-0.1, -0.05) is 12.2 Å². The van der Waals surface area contributed by atoms with Crippen LogP contribution in [-0.4, -0.2) is 5.78 Å². The van der Waals surface area contributed by atoms with E-state index in [0.29, 0.717) is 23.5 Å². The van der Waals surface area contributed by atoms with Gasteiger partial charge in [-0.25, -0.2) is 0 Å². The van der Waals surface area contributed by atoms with E-state index in [1.807, 2.05) is 0 Å². The summed E-state index contributed by atoms with van der Waals surface area (Å²) in [5.74, 6) is 4.68. The summed E-state index contributed by atoms with van der Waals surface area (Å²) in [6.07, 6.45) is 5.87. The average molecular weight is 146 g/mol. The average Bonchev–Trinajstić information content (AvgIpc) is 2.77. The quantitative estimate of drug-likeness (QED) is 0.470. The minimum atomic E-state index is 0.361. The topological polar surface area (TPSA) is 17.1 Å². The number of Topliss-reactive ketones (excluding diaryl/α,β-unsaturated/α-hetero) is 1. The molecule has 6 atom stereocenters. The molecular weight excluding hydrogens is 136 g/mol. The number of fused-ring (bicyclic) bond motifs is 5. The lowest BCUT2D eigenvalue weighted by Gasteiger charge is -2.16. The maximum absolute atomic E-state index is 11.6. The summed E-state index contributed by atoms with van der Waals surface area (Å²) in [6, 6.07) is 0. The van der Waals surface area contributed by atoms with Gasteiger partial charge in [-0.2, -0.15) is 0 Å². The predicted molar refractivity (Wildman–Crippen MR) is 39.7 cm³/mol. The minimum absolute atomic E-state index is 0.361. The number of hydrogen-bond acceptors (Lipinski definition) is 1. The molecule has 0 spiro atoms. The van der Waals surface area contributed by atoms with E-state index in [-0.39, 0.29) is 0 Å². The number of ketones is 1. The van der Waals surface area contributed by atoms with Gasteiger partial charge in [0.1, 0.15) is 5.78 Å². The van der Waals surface area contributed by atoms with Gasteiger partial charge in [-0.05, 0) is 30.1 Å². The second-order valence-corrected chi connectivity index (χ2v) is 4.56. The van der Waals surface area contributed by atoms with Gasteiger partial charge in [-0.3, -0.25) is 4.79 Å². The van der Waals surface area contributed by atoms with Crippen LogP contribution in [0.1, 0.15) is 6.42 Å². The van der Waals surface area contributed by atoms with Crippen molar-refractivity contribution in [1.82, 2.24) is 0 Å². The summed E-state index contributed by atoms with van der Waals surface area (Å²) in [5, 5.41) is 0. The summed E-state index contributed by atoms with van der Waals surface area (Å²) in [7, 11) is 0. The molecule has 3 fully saturated rings. The molecule has 0 amide bonds. The van der Waals surface area contributed by atoms with Crippen LogP contribution in [0, 0.1) is 35.5 Å². The largest absolute Gasteiger partial charge is 0.299 e. The lowest BCUT2D eigenvalue weighted by Crippen LogP contribution is -2.23. The lowest BCUT2D eigenvalue weighted by molar-refractivity contribution is -0.125. The lowest BCUT2D eigenvalue weighted by atomic mass is 9.86. The fourth-order valence-corrected chi connectivity index (χ4v) is 3.55. The molecular formula is C10H10O. The minimum Gasteiger partial charge on any atom is -0.299 e. The summed E-state index contributed by atoms with van der Waals surface area (Å²) in [5.41, 5.74) is 0. The van der Waals surface area contributed by atoms with Crippen molar-refractivity contribution in [2.24, 2.45) is 35.5 Å². The number of rotatable bonds is 0. The Morgan fingerprint density at radius 1 is 1.27 bits per heavy atom. The van der Waals surface area contributed by atoms with Crippen LogP contribution < -0.4 is 0 Å². The van der Waals surface area contributed by atoms with Crippen LogP contribution >= 0.6 is 0 Å². The molecule has 56 valence electrons. The van der Waals surface area contributed by atoms with Gasteiger partial charge < -0.3 is 0 Å². The third kappa shape index (κ3) is 0.390. The number of carbonyl (C=O) groups is 1. The van der Waals surface area contributed by atoms with Gasteiger partial charge in [0.05, 0.1) is 0 Å². The zero-order valence-corrected chi connectivity index (χ0v) is 6.23. The number of hydrogen-bond donors (Lipinski definition) is 0. The van der Waals surface area contributed by atoms with E-state index in [1.165, 1.54) is 6.42 Å². The van der Waals surface area contributed by atoms with E-state index in [9.17, 15) is 4.79 Å². The first-order valence-corrected chi connectivity index (χ1v) is 4.60. The molecule has 0 aromatic heterocycles. The van der Waals surface area contributed by atoms with E-state index < -0.39 is 0 Å². The normalized spacial score (nSPS) is 67.5. The molecule has 0 N–H and O–H groups in total. The molecule has 1 heteroatoms. The van der Waals surface area contributed by atoms with Crippen molar-refractivity contribution in [1.29, 1.82) is 0 Å².